The van der Waals surface area contributed by atoms with Crippen molar-refractivity contribution in [2.45, 2.75) is 46.2 Å². The first-order valence-electron chi connectivity index (χ1n) is 6.00. The van der Waals surface area contributed by atoms with Gasteiger partial charge < -0.3 is 15.4 Å². The molecule has 0 aliphatic heterocycles. The molecule has 1 amide bonds. The molecule has 0 saturated carbocycles. The predicted octanol–water partition coefficient (Wildman–Crippen LogP) is 1.16. The van der Waals surface area contributed by atoms with Crippen molar-refractivity contribution in [1.29, 1.82) is 0 Å². The second-order valence-electron chi connectivity index (χ2n) is 4.72. The number of nitrogens with one attached hydrogen (secondary N) is 2. The molecule has 0 radical (unpaired) electrons. The van der Waals surface area contributed by atoms with Crippen LogP contribution >= 0.6 is 0 Å². The fraction of sp³-hybridized carbons (Fsp3) is 0.917. The normalized spacial score (nSPS) is 14.9. The summed E-state index contributed by atoms with van der Waals surface area (Å²) in [6.45, 7) is 9.53. The molecule has 0 aromatic rings. The van der Waals surface area contributed by atoms with Gasteiger partial charge in [-0.25, -0.2) is 0 Å². The summed E-state index contributed by atoms with van der Waals surface area (Å²) in [5.74, 6) is 0.680. The first-order valence-corrected chi connectivity index (χ1v) is 6.00. The van der Waals surface area contributed by atoms with Gasteiger partial charge in [0.25, 0.3) is 0 Å². The second kappa shape index (κ2) is 8.53. The highest BCUT2D eigenvalue weighted by Crippen LogP contribution is 1.96. The van der Waals surface area contributed by atoms with Gasteiger partial charge in [0.1, 0.15) is 0 Å². The van der Waals surface area contributed by atoms with Crippen LogP contribution in [0.25, 0.3) is 0 Å². The highest BCUT2D eigenvalue weighted by atomic mass is 16.5. The largest absolute Gasteiger partial charge is 0.383 e. The van der Waals surface area contributed by atoms with Gasteiger partial charge in [-0.05, 0) is 26.2 Å². The first kappa shape index (κ1) is 15.4. The zero-order valence-corrected chi connectivity index (χ0v) is 11.2. The van der Waals surface area contributed by atoms with Crippen LogP contribution in [0.3, 0.4) is 0 Å². The monoisotopic (exact) mass is 230 g/mol. The molecule has 0 bridgehead atoms. The Kier molecular flexibility index (Phi) is 8.21. The van der Waals surface area contributed by atoms with Crippen molar-refractivity contribution in [2.75, 3.05) is 20.3 Å². The molecule has 0 aromatic carbocycles. The lowest BCUT2D eigenvalue weighted by atomic mass is 10.1. The Labute approximate surface area is 99.1 Å². The molecule has 0 saturated heterocycles. The van der Waals surface area contributed by atoms with Gasteiger partial charge in [0.2, 0.25) is 5.91 Å². The van der Waals surface area contributed by atoms with Gasteiger partial charge in [-0.15, -0.1) is 0 Å². The summed E-state index contributed by atoms with van der Waals surface area (Å²) in [6.07, 6.45) is 1.02. The minimum Gasteiger partial charge on any atom is -0.383 e. The Hall–Kier alpha value is -0.610. The maximum Gasteiger partial charge on any atom is 0.236 e. The predicted molar refractivity (Wildman–Crippen MR) is 66.4 cm³/mol. The molecule has 2 unspecified atom stereocenters. The lowest BCUT2D eigenvalue weighted by Crippen LogP contribution is -2.47. The molecular formula is C12H26N2O2. The molecule has 2 atom stereocenters. The summed E-state index contributed by atoms with van der Waals surface area (Å²) in [7, 11) is 1.66. The zero-order valence-electron chi connectivity index (χ0n) is 11.2. The van der Waals surface area contributed by atoms with Gasteiger partial charge in [-0.3, -0.25) is 4.79 Å². The van der Waals surface area contributed by atoms with E-state index in [1.165, 1.54) is 0 Å². The molecule has 16 heavy (non-hydrogen) atoms. The minimum absolute atomic E-state index is 0.0589. The van der Waals surface area contributed by atoms with Crippen molar-refractivity contribution in [3.05, 3.63) is 0 Å². The van der Waals surface area contributed by atoms with Crippen molar-refractivity contribution < 1.29 is 9.53 Å². The number of ether oxygens (including phenoxy) is 1. The summed E-state index contributed by atoms with van der Waals surface area (Å²) in [4.78, 5) is 11.6. The molecule has 0 rings (SSSR count). The molecule has 96 valence electrons. The van der Waals surface area contributed by atoms with Crippen LogP contribution in [0.4, 0.5) is 0 Å². The van der Waals surface area contributed by atoms with E-state index in [2.05, 4.69) is 24.5 Å². The summed E-state index contributed by atoms with van der Waals surface area (Å²) in [6, 6.07) is 0.0214. The molecule has 0 fully saturated rings. The van der Waals surface area contributed by atoms with Crippen molar-refractivity contribution >= 4 is 5.91 Å². The zero-order chi connectivity index (χ0) is 12.6. The molecule has 2 N–H and O–H groups in total. The van der Waals surface area contributed by atoms with E-state index in [0.717, 1.165) is 13.0 Å². The molecule has 0 spiro atoms. The number of amides is 1. The van der Waals surface area contributed by atoms with E-state index in [1.54, 1.807) is 7.11 Å². The molecule has 0 aliphatic rings. The van der Waals surface area contributed by atoms with Crippen LogP contribution in [0.1, 0.15) is 34.1 Å². The maximum atomic E-state index is 11.6. The smallest absolute Gasteiger partial charge is 0.236 e. The van der Waals surface area contributed by atoms with Gasteiger partial charge in [0.05, 0.1) is 12.6 Å². The minimum atomic E-state index is -0.169. The van der Waals surface area contributed by atoms with Crippen molar-refractivity contribution in [2.24, 2.45) is 5.92 Å². The average molecular weight is 230 g/mol. The Bertz CT molecular complexity index is 195. The fourth-order valence-corrected chi connectivity index (χ4v) is 1.44. The van der Waals surface area contributed by atoms with Crippen molar-refractivity contribution in [3.63, 3.8) is 0 Å². The molecule has 4 heteroatoms. The number of carbonyl (C=O) groups is 1. The van der Waals surface area contributed by atoms with Gasteiger partial charge in [0.15, 0.2) is 0 Å². The van der Waals surface area contributed by atoms with Crippen molar-refractivity contribution in [1.82, 2.24) is 10.6 Å². The van der Waals surface area contributed by atoms with E-state index in [9.17, 15) is 4.79 Å². The third-order valence-electron chi connectivity index (χ3n) is 2.37. The van der Waals surface area contributed by atoms with Crippen LogP contribution < -0.4 is 10.6 Å². The summed E-state index contributed by atoms with van der Waals surface area (Å²) in [5, 5.41) is 6.10. The Balaban J connectivity index is 3.72. The lowest BCUT2D eigenvalue weighted by molar-refractivity contribution is -0.123. The summed E-state index contributed by atoms with van der Waals surface area (Å²) >= 11 is 0. The van der Waals surface area contributed by atoms with Crippen LogP contribution in [0, 0.1) is 5.92 Å². The maximum absolute atomic E-state index is 11.6. The molecule has 0 heterocycles. The lowest BCUT2D eigenvalue weighted by Gasteiger charge is -2.19. The van der Waals surface area contributed by atoms with E-state index < -0.39 is 0 Å². The van der Waals surface area contributed by atoms with Gasteiger partial charge in [0, 0.05) is 19.7 Å². The molecule has 0 aliphatic carbocycles. The second-order valence-corrected chi connectivity index (χ2v) is 4.72. The van der Waals surface area contributed by atoms with Crippen LogP contribution in [-0.2, 0) is 9.53 Å². The SMILES string of the molecule is COCC(C)NC(C)C(=O)NCCC(C)C. The van der Waals surface area contributed by atoms with Gasteiger partial charge >= 0.3 is 0 Å². The molecular weight excluding hydrogens is 204 g/mol. The van der Waals surface area contributed by atoms with Gasteiger partial charge in [-0.2, -0.15) is 0 Å². The average Bonchev–Trinajstić information content (AvgIpc) is 2.17. The Morgan fingerprint density at radius 2 is 1.88 bits per heavy atom. The van der Waals surface area contributed by atoms with Crippen molar-refractivity contribution in [3.8, 4) is 0 Å². The third kappa shape index (κ3) is 7.65. The summed E-state index contributed by atoms with van der Waals surface area (Å²) < 4.78 is 5.00. The first-order chi connectivity index (χ1) is 7.47. The molecule has 0 aromatic heterocycles. The summed E-state index contributed by atoms with van der Waals surface area (Å²) in [5.41, 5.74) is 0. The molecule has 4 nitrogen and oxygen atoms in total. The van der Waals surface area contributed by atoms with E-state index in [0.29, 0.717) is 12.5 Å². The van der Waals surface area contributed by atoms with Crippen LogP contribution in [0.15, 0.2) is 0 Å². The fourth-order valence-electron chi connectivity index (χ4n) is 1.44. The number of hydrogen-bond acceptors (Lipinski definition) is 3. The third-order valence-corrected chi connectivity index (χ3v) is 2.37. The van der Waals surface area contributed by atoms with Crippen LogP contribution in [0.2, 0.25) is 0 Å². The highest BCUT2D eigenvalue weighted by molar-refractivity contribution is 5.81. The van der Waals surface area contributed by atoms with E-state index >= 15 is 0 Å². The number of methoxy groups -OCH3 is 1. The van der Waals surface area contributed by atoms with E-state index in [4.69, 9.17) is 4.74 Å². The topological polar surface area (TPSA) is 50.4 Å². The van der Waals surface area contributed by atoms with E-state index in [-0.39, 0.29) is 18.0 Å². The van der Waals surface area contributed by atoms with Crippen LogP contribution in [-0.4, -0.2) is 38.3 Å². The van der Waals surface area contributed by atoms with Crippen LogP contribution in [0.5, 0.6) is 0 Å². The number of carbonyl (C=O) groups excluding carboxylic acids is 1. The highest BCUT2D eigenvalue weighted by Gasteiger charge is 2.14. The Morgan fingerprint density at radius 1 is 1.25 bits per heavy atom. The van der Waals surface area contributed by atoms with Gasteiger partial charge in [-0.1, -0.05) is 13.8 Å². The van der Waals surface area contributed by atoms with E-state index in [1.807, 2.05) is 13.8 Å². The number of rotatable bonds is 8. The quantitative estimate of drug-likeness (QED) is 0.658. The Morgan fingerprint density at radius 3 is 2.38 bits per heavy atom. The standard InChI is InChI=1S/C12H26N2O2/c1-9(2)6-7-13-12(15)11(4)14-10(3)8-16-5/h9-11,14H,6-8H2,1-5H3,(H,13,15). The number of hydrogen-bond donors (Lipinski definition) is 2.